The molecule has 2 aliphatic rings. The van der Waals surface area contributed by atoms with E-state index in [1.807, 2.05) is 22.4 Å². The summed E-state index contributed by atoms with van der Waals surface area (Å²) in [6, 6.07) is 9.36. The molecule has 0 radical (unpaired) electrons. The number of likely N-dealkylation sites (tertiary alicyclic amines) is 1. The van der Waals surface area contributed by atoms with E-state index in [9.17, 15) is 9.59 Å². The SMILES string of the molecule is O=C(c1ccc2c(c1)OCCO2)C1CCN(C(=O)c2cnc(-c3cccs3)s2)CC1. The molecule has 2 aromatic heterocycles. The molecule has 1 amide bonds. The standard InChI is InChI=1S/C22H20N2O4S2/c25-20(15-3-4-16-17(12-15)28-10-9-27-16)14-5-7-24(8-6-14)22(26)19-13-23-21(30-19)18-2-1-11-29-18/h1-4,11-14H,5-10H2. The molecule has 0 N–H and O–H groups in total. The van der Waals surface area contributed by atoms with Crippen molar-refractivity contribution in [3.8, 4) is 21.4 Å². The first kappa shape index (κ1) is 19.3. The number of amides is 1. The highest BCUT2D eigenvalue weighted by Crippen LogP contribution is 2.33. The molecule has 3 aromatic rings. The van der Waals surface area contributed by atoms with Crippen LogP contribution in [-0.2, 0) is 0 Å². The quantitative estimate of drug-likeness (QED) is 0.563. The summed E-state index contributed by atoms with van der Waals surface area (Å²) < 4.78 is 11.1. The van der Waals surface area contributed by atoms with Gasteiger partial charge in [0.1, 0.15) is 23.1 Å². The number of benzene rings is 1. The van der Waals surface area contributed by atoms with Crippen LogP contribution in [0.1, 0.15) is 32.9 Å². The van der Waals surface area contributed by atoms with Crippen LogP contribution in [0.15, 0.2) is 41.9 Å². The average molecular weight is 441 g/mol. The first-order valence-electron chi connectivity index (χ1n) is 9.92. The Hall–Kier alpha value is -2.71. The molecule has 8 heteroatoms. The van der Waals surface area contributed by atoms with Gasteiger partial charge in [-0.1, -0.05) is 6.07 Å². The Morgan fingerprint density at radius 1 is 1.07 bits per heavy atom. The second-order valence-electron chi connectivity index (χ2n) is 7.30. The molecule has 6 nitrogen and oxygen atoms in total. The monoisotopic (exact) mass is 440 g/mol. The number of piperidine rings is 1. The van der Waals surface area contributed by atoms with Gasteiger partial charge in [-0.25, -0.2) is 4.98 Å². The molecule has 0 saturated carbocycles. The van der Waals surface area contributed by atoms with Gasteiger partial charge >= 0.3 is 0 Å². The number of rotatable bonds is 4. The summed E-state index contributed by atoms with van der Waals surface area (Å²) >= 11 is 3.04. The zero-order chi connectivity index (χ0) is 20.5. The predicted octanol–water partition coefficient (Wildman–Crippen LogP) is 4.38. The van der Waals surface area contributed by atoms with Crippen LogP contribution in [0.25, 0.3) is 9.88 Å². The summed E-state index contributed by atoms with van der Waals surface area (Å²) in [5.41, 5.74) is 0.645. The van der Waals surface area contributed by atoms with Crippen molar-refractivity contribution < 1.29 is 19.1 Å². The number of fused-ring (bicyclic) bond motifs is 1. The summed E-state index contributed by atoms with van der Waals surface area (Å²) in [4.78, 5) is 33.8. The number of Topliss-reactive ketones (excluding diaryl/α,β-unsaturated/α-hetero) is 1. The maximum absolute atomic E-state index is 13.0. The molecule has 2 aliphatic heterocycles. The fraction of sp³-hybridized carbons (Fsp3) is 0.318. The van der Waals surface area contributed by atoms with Crippen molar-refractivity contribution in [2.45, 2.75) is 12.8 Å². The second-order valence-corrected chi connectivity index (χ2v) is 9.27. The van der Waals surface area contributed by atoms with Crippen molar-refractivity contribution in [2.24, 2.45) is 5.92 Å². The highest BCUT2D eigenvalue weighted by molar-refractivity contribution is 7.21. The van der Waals surface area contributed by atoms with Gasteiger partial charge in [-0.05, 0) is 42.5 Å². The lowest BCUT2D eigenvalue weighted by Gasteiger charge is -2.31. The van der Waals surface area contributed by atoms with Crippen LogP contribution < -0.4 is 9.47 Å². The van der Waals surface area contributed by atoms with Gasteiger partial charge in [0.25, 0.3) is 5.91 Å². The number of carbonyl (C=O) groups excluding carboxylic acids is 2. The molecular weight excluding hydrogens is 420 g/mol. The summed E-state index contributed by atoms with van der Waals surface area (Å²) in [7, 11) is 0. The summed E-state index contributed by atoms with van der Waals surface area (Å²) in [6.45, 7) is 2.18. The van der Waals surface area contributed by atoms with Crippen molar-refractivity contribution in [3.63, 3.8) is 0 Å². The Morgan fingerprint density at radius 2 is 1.87 bits per heavy atom. The van der Waals surface area contributed by atoms with Gasteiger partial charge < -0.3 is 14.4 Å². The fourth-order valence-corrected chi connectivity index (χ4v) is 5.51. The lowest BCUT2D eigenvalue weighted by molar-refractivity contribution is 0.0654. The van der Waals surface area contributed by atoms with E-state index < -0.39 is 0 Å². The average Bonchev–Trinajstić information content (AvgIpc) is 3.50. The maximum atomic E-state index is 13.0. The number of hydrogen-bond donors (Lipinski definition) is 0. The van der Waals surface area contributed by atoms with E-state index in [4.69, 9.17) is 9.47 Å². The fourth-order valence-electron chi connectivity index (χ4n) is 3.82. The Bertz CT molecular complexity index is 1070. The van der Waals surface area contributed by atoms with Crippen LogP contribution in [0, 0.1) is 5.92 Å². The number of thiophene rings is 1. The van der Waals surface area contributed by atoms with Gasteiger partial charge in [0.15, 0.2) is 17.3 Å². The van der Waals surface area contributed by atoms with Crippen LogP contribution in [0.2, 0.25) is 0 Å². The third-order valence-corrected chi connectivity index (χ3v) is 7.45. The lowest BCUT2D eigenvalue weighted by Crippen LogP contribution is -2.40. The third-order valence-electron chi connectivity index (χ3n) is 5.43. The molecule has 0 aliphatic carbocycles. The van der Waals surface area contributed by atoms with Gasteiger partial charge in [0.05, 0.1) is 11.1 Å². The Balaban J connectivity index is 1.22. The maximum Gasteiger partial charge on any atom is 0.265 e. The molecule has 0 spiro atoms. The Morgan fingerprint density at radius 3 is 2.63 bits per heavy atom. The molecule has 0 unspecified atom stereocenters. The van der Waals surface area contributed by atoms with Crippen molar-refractivity contribution in [1.29, 1.82) is 0 Å². The number of hydrogen-bond acceptors (Lipinski definition) is 7. The van der Waals surface area contributed by atoms with E-state index in [2.05, 4.69) is 4.98 Å². The van der Waals surface area contributed by atoms with E-state index in [1.54, 1.807) is 35.7 Å². The molecule has 1 fully saturated rings. The molecule has 0 atom stereocenters. The molecule has 154 valence electrons. The first-order chi connectivity index (χ1) is 14.7. The highest BCUT2D eigenvalue weighted by Gasteiger charge is 2.30. The van der Waals surface area contributed by atoms with Crippen molar-refractivity contribution in [3.05, 3.63) is 52.3 Å². The third kappa shape index (κ3) is 3.73. The van der Waals surface area contributed by atoms with Crippen LogP contribution in [0.5, 0.6) is 11.5 Å². The van der Waals surface area contributed by atoms with Crippen molar-refractivity contribution in [1.82, 2.24) is 9.88 Å². The molecular formula is C22H20N2O4S2. The minimum atomic E-state index is -0.0836. The summed E-state index contributed by atoms with van der Waals surface area (Å²) in [5.74, 6) is 1.34. The van der Waals surface area contributed by atoms with E-state index in [1.165, 1.54) is 11.3 Å². The number of thiazole rings is 1. The van der Waals surface area contributed by atoms with Gasteiger partial charge in [-0.2, -0.15) is 0 Å². The topological polar surface area (TPSA) is 68.7 Å². The van der Waals surface area contributed by atoms with Gasteiger partial charge in [-0.3, -0.25) is 9.59 Å². The van der Waals surface area contributed by atoms with Crippen LogP contribution in [0.3, 0.4) is 0 Å². The first-order valence-corrected chi connectivity index (χ1v) is 11.6. The number of aromatic nitrogens is 1. The Labute approximate surface area is 182 Å². The highest BCUT2D eigenvalue weighted by atomic mass is 32.1. The second kappa shape index (κ2) is 8.20. The zero-order valence-corrected chi connectivity index (χ0v) is 17.8. The van der Waals surface area contributed by atoms with Crippen LogP contribution in [-0.4, -0.2) is 47.9 Å². The van der Waals surface area contributed by atoms with Gasteiger partial charge in [0.2, 0.25) is 0 Å². The summed E-state index contributed by atoms with van der Waals surface area (Å²) in [5, 5.41) is 2.87. The molecule has 1 aromatic carbocycles. The minimum Gasteiger partial charge on any atom is -0.486 e. The normalized spacial score (nSPS) is 16.5. The lowest BCUT2D eigenvalue weighted by atomic mass is 9.88. The number of ether oxygens (including phenoxy) is 2. The van der Waals surface area contributed by atoms with Crippen molar-refractivity contribution in [2.75, 3.05) is 26.3 Å². The van der Waals surface area contributed by atoms with Gasteiger partial charge in [0, 0.05) is 24.6 Å². The van der Waals surface area contributed by atoms with Crippen LogP contribution >= 0.6 is 22.7 Å². The van der Waals surface area contributed by atoms with E-state index in [-0.39, 0.29) is 17.6 Å². The van der Waals surface area contributed by atoms with E-state index in [0.717, 1.165) is 9.88 Å². The Kier molecular flexibility index (Phi) is 5.26. The van der Waals surface area contributed by atoms with Crippen molar-refractivity contribution >= 4 is 34.4 Å². The largest absolute Gasteiger partial charge is 0.486 e. The smallest absolute Gasteiger partial charge is 0.265 e. The van der Waals surface area contributed by atoms with Crippen LogP contribution in [0.4, 0.5) is 0 Å². The van der Waals surface area contributed by atoms with E-state index >= 15 is 0 Å². The molecule has 5 rings (SSSR count). The number of ketones is 1. The molecule has 1 saturated heterocycles. The molecule has 0 bridgehead atoms. The molecule has 4 heterocycles. The number of nitrogens with zero attached hydrogens (tertiary/aromatic N) is 2. The van der Waals surface area contributed by atoms with Gasteiger partial charge in [-0.15, -0.1) is 22.7 Å². The number of carbonyl (C=O) groups is 2. The minimum absolute atomic E-state index is 0.000495. The van der Waals surface area contributed by atoms with E-state index in [0.29, 0.717) is 61.1 Å². The zero-order valence-electron chi connectivity index (χ0n) is 16.2. The molecule has 30 heavy (non-hydrogen) atoms. The summed E-state index contributed by atoms with van der Waals surface area (Å²) in [6.07, 6.45) is 2.99. The predicted molar refractivity (Wildman–Crippen MR) is 116 cm³/mol.